The van der Waals surface area contributed by atoms with E-state index in [0.717, 1.165) is 0 Å². The van der Waals surface area contributed by atoms with Crippen molar-refractivity contribution in [1.29, 1.82) is 5.41 Å². The average Bonchev–Trinajstić information content (AvgIpc) is 2.21. The minimum atomic E-state index is -0.250. The maximum atomic E-state index is 9.40. The third kappa shape index (κ3) is 2.78. The number of phenolic OH excluding ortho intramolecular Hbond substituents is 1. The zero-order valence-corrected chi connectivity index (χ0v) is 11.0. The van der Waals surface area contributed by atoms with Crippen molar-refractivity contribution in [2.24, 2.45) is 5.73 Å². The predicted molar refractivity (Wildman–Crippen MR) is 73.9 cm³/mol. The van der Waals surface area contributed by atoms with Gasteiger partial charge in [-0.3, -0.25) is 10.3 Å². The first-order valence-corrected chi connectivity index (χ1v) is 5.52. The van der Waals surface area contributed by atoms with Gasteiger partial charge in [-0.1, -0.05) is 11.6 Å². The van der Waals surface area contributed by atoms with Gasteiger partial charge in [-0.05, 0) is 30.8 Å². The standard InChI is InChI=1S/C10H13ClN4OS/c1-5-3-6(16)4-7(11)8(5)15(9(12)13)10(17)14-2/h3-4,16H,1-2H3,(H3,12,13)(H,14,17). The summed E-state index contributed by atoms with van der Waals surface area (Å²) in [6, 6.07) is 2.90. The van der Waals surface area contributed by atoms with Crippen LogP contribution in [0.4, 0.5) is 5.69 Å². The minimum absolute atomic E-state index is 0.0510. The Morgan fingerprint density at radius 2 is 2.18 bits per heavy atom. The summed E-state index contributed by atoms with van der Waals surface area (Å²) in [6.45, 7) is 1.75. The summed E-state index contributed by atoms with van der Waals surface area (Å²) in [7, 11) is 1.63. The van der Waals surface area contributed by atoms with Crippen molar-refractivity contribution >= 4 is 40.6 Å². The molecule has 0 saturated heterocycles. The highest BCUT2D eigenvalue weighted by Gasteiger charge is 2.20. The van der Waals surface area contributed by atoms with Gasteiger partial charge in [0.05, 0.1) is 10.7 Å². The van der Waals surface area contributed by atoms with Gasteiger partial charge in [0.25, 0.3) is 0 Å². The van der Waals surface area contributed by atoms with Gasteiger partial charge in [-0.15, -0.1) is 0 Å². The molecule has 1 aromatic rings. The Morgan fingerprint density at radius 3 is 2.59 bits per heavy atom. The molecule has 0 fully saturated rings. The molecule has 17 heavy (non-hydrogen) atoms. The number of nitrogens with one attached hydrogen (secondary N) is 2. The molecule has 0 spiro atoms. The molecule has 5 N–H and O–H groups in total. The SMILES string of the molecule is CNC(=S)N(C(=N)N)c1c(C)cc(O)cc1Cl. The molecular weight excluding hydrogens is 260 g/mol. The van der Waals surface area contributed by atoms with Crippen molar-refractivity contribution in [3.63, 3.8) is 0 Å². The molecule has 0 atom stereocenters. The Bertz CT molecular complexity index is 454. The monoisotopic (exact) mass is 272 g/mol. The predicted octanol–water partition coefficient (Wildman–Crippen LogP) is 1.56. The van der Waals surface area contributed by atoms with E-state index in [1.54, 1.807) is 14.0 Å². The number of anilines is 1. The summed E-state index contributed by atoms with van der Waals surface area (Å²) < 4.78 is 0. The van der Waals surface area contributed by atoms with E-state index in [0.29, 0.717) is 11.3 Å². The van der Waals surface area contributed by atoms with Crippen LogP contribution in [0.5, 0.6) is 5.75 Å². The topological polar surface area (TPSA) is 85.4 Å². The maximum Gasteiger partial charge on any atom is 0.199 e. The third-order valence-corrected chi connectivity index (χ3v) is 2.80. The van der Waals surface area contributed by atoms with Crippen LogP contribution in [0.15, 0.2) is 12.1 Å². The summed E-state index contributed by atoms with van der Waals surface area (Å²) >= 11 is 11.1. The first-order valence-electron chi connectivity index (χ1n) is 4.73. The quantitative estimate of drug-likeness (QED) is 0.354. The van der Waals surface area contributed by atoms with E-state index in [1.807, 2.05) is 0 Å². The lowest BCUT2D eigenvalue weighted by Gasteiger charge is -2.25. The zero-order chi connectivity index (χ0) is 13.2. The van der Waals surface area contributed by atoms with Crippen molar-refractivity contribution < 1.29 is 5.11 Å². The van der Waals surface area contributed by atoms with Crippen LogP contribution in [0.25, 0.3) is 0 Å². The number of aromatic hydroxyl groups is 1. The van der Waals surface area contributed by atoms with Gasteiger partial charge in [-0.2, -0.15) is 0 Å². The van der Waals surface area contributed by atoms with E-state index in [1.165, 1.54) is 17.0 Å². The molecule has 1 rings (SSSR count). The number of aryl methyl sites for hydroxylation is 1. The molecule has 5 nitrogen and oxygen atoms in total. The Kier molecular flexibility index (Phi) is 4.14. The van der Waals surface area contributed by atoms with Crippen molar-refractivity contribution in [3.8, 4) is 5.75 Å². The number of hydrogen-bond donors (Lipinski definition) is 4. The number of hydrogen-bond acceptors (Lipinski definition) is 3. The summed E-state index contributed by atoms with van der Waals surface area (Å²) in [6.07, 6.45) is 0. The second-order valence-electron chi connectivity index (χ2n) is 3.37. The Labute approximate surface area is 110 Å². The second-order valence-corrected chi connectivity index (χ2v) is 4.16. The number of halogens is 1. The van der Waals surface area contributed by atoms with E-state index in [-0.39, 0.29) is 21.8 Å². The summed E-state index contributed by atoms with van der Waals surface area (Å²) in [5.74, 6) is -0.199. The summed E-state index contributed by atoms with van der Waals surface area (Å²) in [5, 5.41) is 20.2. The Hall–Kier alpha value is -1.53. The molecular formula is C10H13ClN4OS. The molecule has 0 amide bonds. The zero-order valence-electron chi connectivity index (χ0n) is 9.41. The lowest BCUT2D eigenvalue weighted by atomic mass is 10.1. The highest BCUT2D eigenvalue weighted by Crippen LogP contribution is 2.33. The van der Waals surface area contributed by atoms with E-state index >= 15 is 0 Å². The Morgan fingerprint density at radius 1 is 1.59 bits per heavy atom. The van der Waals surface area contributed by atoms with Gasteiger partial charge in [0.2, 0.25) is 0 Å². The minimum Gasteiger partial charge on any atom is -0.508 e. The molecule has 0 aliphatic rings. The third-order valence-electron chi connectivity index (χ3n) is 2.12. The van der Waals surface area contributed by atoms with Gasteiger partial charge in [0.1, 0.15) is 5.75 Å². The second kappa shape index (κ2) is 5.20. The normalized spacial score (nSPS) is 9.82. The molecule has 0 aromatic heterocycles. The summed E-state index contributed by atoms with van der Waals surface area (Å²) in [4.78, 5) is 1.30. The van der Waals surface area contributed by atoms with Crippen LogP contribution in [0.2, 0.25) is 5.02 Å². The molecule has 0 radical (unpaired) electrons. The molecule has 0 aliphatic heterocycles. The van der Waals surface area contributed by atoms with Crippen LogP contribution in [-0.2, 0) is 0 Å². The Balaban J connectivity index is 3.38. The number of thiocarbonyl (C=S) groups is 1. The summed E-state index contributed by atoms with van der Waals surface area (Å²) in [5.41, 5.74) is 6.63. The molecule has 0 aliphatic carbocycles. The van der Waals surface area contributed by atoms with Gasteiger partial charge in [0.15, 0.2) is 11.1 Å². The van der Waals surface area contributed by atoms with Crippen LogP contribution in [-0.4, -0.2) is 23.2 Å². The first-order chi connectivity index (χ1) is 7.88. The molecule has 0 bridgehead atoms. The number of nitrogens with zero attached hydrogens (tertiary/aromatic N) is 1. The fourth-order valence-corrected chi connectivity index (χ4v) is 1.98. The number of guanidine groups is 1. The fraction of sp³-hybridized carbons (Fsp3) is 0.200. The molecule has 7 heteroatoms. The number of nitrogens with two attached hydrogens (primary N) is 1. The first kappa shape index (κ1) is 13.5. The van der Waals surface area contributed by atoms with Gasteiger partial charge in [-0.25, -0.2) is 0 Å². The van der Waals surface area contributed by atoms with E-state index in [4.69, 9.17) is 35.0 Å². The van der Waals surface area contributed by atoms with Gasteiger partial charge in [0, 0.05) is 13.1 Å². The van der Waals surface area contributed by atoms with Crippen molar-refractivity contribution in [1.82, 2.24) is 5.32 Å². The molecule has 0 unspecified atom stereocenters. The highest BCUT2D eigenvalue weighted by molar-refractivity contribution is 7.80. The van der Waals surface area contributed by atoms with E-state index < -0.39 is 0 Å². The van der Waals surface area contributed by atoms with E-state index in [9.17, 15) is 5.11 Å². The molecule has 0 saturated carbocycles. The van der Waals surface area contributed by atoms with Crippen molar-refractivity contribution in [2.75, 3.05) is 11.9 Å². The smallest absolute Gasteiger partial charge is 0.199 e. The molecule has 0 heterocycles. The van der Waals surface area contributed by atoms with Crippen molar-refractivity contribution in [3.05, 3.63) is 22.7 Å². The van der Waals surface area contributed by atoms with Gasteiger partial charge >= 0.3 is 0 Å². The average molecular weight is 273 g/mol. The van der Waals surface area contributed by atoms with Crippen LogP contribution in [0.3, 0.4) is 0 Å². The van der Waals surface area contributed by atoms with E-state index in [2.05, 4.69) is 5.32 Å². The lowest BCUT2D eigenvalue weighted by Crippen LogP contribution is -2.46. The highest BCUT2D eigenvalue weighted by atomic mass is 35.5. The molecule has 92 valence electrons. The largest absolute Gasteiger partial charge is 0.508 e. The van der Waals surface area contributed by atoms with Crippen molar-refractivity contribution in [2.45, 2.75) is 6.92 Å². The number of rotatable bonds is 1. The number of benzene rings is 1. The van der Waals surface area contributed by atoms with Crippen LogP contribution < -0.4 is 16.0 Å². The van der Waals surface area contributed by atoms with Gasteiger partial charge < -0.3 is 16.2 Å². The maximum absolute atomic E-state index is 9.40. The van der Waals surface area contributed by atoms with Crippen LogP contribution in [0.1, 0.15) is 5.56 Å². The van der Waals surface area contributed by atoms with Crippen LogP contribution in [0, 0.1) is 12.3 Å². The number of phenols is 1. The fourth-order valence-electron chi connectivity index (χ4n) is 1.44. The molecule has 1 aromatic carbocycles. The lowest BCUT2D eigenvalue weighted by molar-refractivity contribution is 0.475. The van der Waals surface area contributed by atoms with Crippen LogP contribution >= 0.6 is 23.8 Å².